The Labute approximate surface area is 126 Å². The van der Waals surface area contributed by atoms with Crippen molar-refractivity contribution in [1.82, 2.24) is 20.1 Å². The standard InChI is InChI=1S/C14H19BrN4O/c1-9(8-19-11(3)4-10(2)18-19)6-17-14(20)13-5-12(15)7-16-13/h4-5,7,9,16H,6,8H2,1-3H3,(H,17,20)/t9-/m0/s1. The van der Waals surface area contributed by atoms with Crippen LogP contribution in [-0.2, 0) is 6.54 Å². The number of nitrogens with zero attached hydrogens (tertiary/aromatic N) is 2. The normalized spacial score (nSPS) is 12.4. The molecule has 108 valence electrons. The van der Waals surface area contributed by atoms with Crippen LogP contribution >= 0.6 is 15.9 Å². The number of carbonyl (C=O) groups excluding carboxylic acids is 1. The molecule has 2 N–H and O–H groups in total. The highest BCUT2D eigenvalue weighted by Gasteiger charge is 2.11. The van der Waals surface area contributed by atoms with E-state index in [4.69, 9.17) is 0 Å². The van der Waals surface area contributed by atoms with Crippen molar-refractivity contribution in [1.29, 1.82) is 0 Å². The number of aromatic amines is 1. The van der Waals surface area contributed by atoms with E-state index in [1.54, 1.807) is 12.3 Å². The molecule has 0 saturated heterocycles. The summed E-state index contributed by atoms with van der Waals surface area (Å²) in [6.45, 7) is 7.55. The highest BCUT2D eigenvalue weighted by molar-refractivity contribution is 9.10. The van der Waals surface area contributed by atoms with Crippen molar-refractivity contribution in [3.8, 4) is 0 Å². The van der Waals surface area contributed by atoms with E-state index in [2.05, 4.69) is 44.3 Å². The zero-order chi connectivity index (χ0) is 14.7. The van der Waals surface area contributed by atoms with E-state index in [1.807, 2.05) is 18.5 Å². The van der Waals surface area contributed by atoms with Gasteiger partial charge in [-0.05, 0) is 47.8 Å². The van der Waals surface area contributed by atoms with Crippen LogP contribution in [0.1, 0.15) is 28.8 Å². The van der Waals surface area contributed by atoms with Gasteiger partial charge in [-0.15, -0.1) is 0 Å². The van der Waals surface area contributed by atoms with Crippen molar-refractivity contribution in [3.63, 3.8) is 0 Å². The van der Waals surface area contributed by atoms with Crippen LogP contribution in [0.4, 0.5) is 0 Å². The lowest BCUT2D eigenvalue weighted by atomic mass is 10.2. The maximum Gasteiger partial charge on any atom is 0.267 e. The van der Waals surface area contributed by atoms with Gasteiger partial charge >= 0.3 is 0 Å². The van der Waals surface area contributed by atoms with Crippen LogP contribution in [0.3, 0.4) is 0 Å². The Balaban J connectivity index is 1.84. The molecule has 0 radical (unpaired) electrons. The number of hydrogen-bond acceptors (Lipinski definition) is 2. The fourth-order valence-electron chi connectivity index (χ4n) is 2.08. The Kier molecular flexibility index (Phi) is 4.65. The van der Waals surface area contributed by atoms with Crippen molar-refractivity contribution in [3.05, 3.63) is 39.9 Å². The molecule has 2 heterocycles. The fourth-order valence-corrected chi connectivity index (χ4v) is 2.42. The summed E-state index contributed by atoms with van der Waals surface area (Å²) in [5, 5.41) is 7.36. The third-order valence-corrected chi connectivity index (χ3v) is 3.55. The number of aromatic nitrogens is 3. The van der Waals surface area contributed by atoms with Crippen LogP contribution in [0.2, 0.25) is 0 Å². The molecule has 6 heteroatoms. The summed E-state index contributed by atoms with van der Waals surface area (Å²) in [4.78, 5) is 14.8. The molecule has 0 bridgehead atoms. The van der Waals surface area contributed by atoms with Gasteiger partial charge in [0, 0.05) is 29.5 Å². The summed E-state index contributed by atoms with van der Waals surface area (Å²) in [6, 6.07) is 3.82. The van der Waals surface area contributed by atoms with Gasteiger partial charge in [0.1, 0.15) is 5.69 Å². The summed E-state index contributed by atoms with van der Waals surface area (Å²) in [5.41, 5.74) is 2.74. The van der Waals surface area contributed by atoms with Gasteiger partial charge in [-0.1, -0.05) is 6.92 Å². The molecular weight excluding hydrogens is 320 g/mol. The third kappa shape index (κ3) is 3.72. The van der Waals surface area contributed by atoms with Gasteiger partial charge in [0.05, 0.1) is 5.69 Å². The Bertz CT molecular complexity index is 602. The number of H-pyrrole nitrogens is 1. The van der Waals surface area contributed by atoms with Crippen LogP contribution in [0.15, 0.2) is 22.8 Å². The highest BCUT2D eigenvalue weighted by Crippen LogP contribution is 2.10. The second kappa shape index (κ2) is 6.26. The number of halogens is 1. The van der Waals surface area contributed by atoms with Crippen LogP contribution in [-0.4, -0.2) is 27.2 Å². The maximum atomic E-state index is 11.9. The molecule has 0 fully saturated rings. The van der Waals surface area contributed by atoms with Crippen molar-refractivity contribution in [2.24, 2.45) is 5.92 Å². The van der Waals surface area contributed by atoms with Crippen LogP contribution in [0, 0.1) is 19.8 Å². The number of amides is 1. The predicted octanol–water partition coefficient (Wildman–Crippen LogP) is 2.66. The first kappa shape index (κ1) is 14.8. The molecule has 2 aromatic rings. The molecule has 0 saturated carbocycles. The molecule has 0 spiro atoms. The van der Waals surface area contributed by atoms with Crippen molar-refractivity contribution in [2.75, 3.05) is 6.54 Å². The first-order chi connectivity index (χ1) is 9.45. The fraction of sp³-hybridized carbons (Fsp3) is 0.429. The smallest absolute Gasteiger partial charge is 0.267 e. The van der Waals surface area contributed by atoms with E-state index in [-0.39, 0.29) is 5.91 Å². The average molecular weight is 339 g/mol. The van der Waals surface area contributed by atoms with E-state index in [1.165, 1.54) is 0 Å². The number of hydrogen-bond donors (Lipinski definition) is 2. The Hall–Kier alpha value is -1.56. The second-order valence-corrected chi connectivity index (χ2v) is 6.07. The van der Waals surface area contributed by atoms with Gasteiger partial charge in [0.25, 0.3) is 5.91 Å². The monoisotopic (exact) mass is 338 g/mol. The topological polar surface area (TPSA) is 62.7 Å². The zero-order valence-corrected chi connectivity index (χ0v) is 13.5. The molecule has 0 aliphatic carbocycles. The maximum absolute atomic E-state index is 11.9. The molecule has 1 atom stereocenters. The minimum Gasteiger partial charge on any atom is -0.356 e. The molecule has 2 rings (SSSR count). The third-order valence-electron chi connectivity index (χ3n) is 3.09. The summed E-state index contributed by atoms with van der Waals surface area (Å²) >= 11 is 3.31. The first-order valence-electron chi connectivity index (χ1n) is 6.59. The molecule has 0 unspecified atom stereocenters. The number of rotatable bonds is 5. The van der Waals surface area contributed by atoms with Crippen LogP contribution in [0.5, 0.6) is 0 Å². The minimum absolute atomic E-state index is 0.0871. The number of nitrogens with one attached hydrogen (secondary N) is 2. The summed E-state index contributed by atoms with van der Waals surface area (Å²) in [7, 11) is 0. The van der Waals surface area contributed by atoms with Crippen LogP contribution in [0.25, 0.3) is 0 Å². The van der Waals surface area contributed by atoms with Gasteiger partial charge in [0.15, 0.2) is 0 Å². The Morgan fingerprint density at radius 1 is 1.50 bits per heavy atom. The van der Waals surface area contributed by atoms with Crippen LogP contribution < -0.4 is 5.32 Å². The lowest BCUT2D eigenvalue weighted by Crippen LogP contribution is -2.30. The molecule has 2 aromatic heterocycles. The minimum atomic E-state index is -0.0871. The van der Waals surface area contributed by atoms with E-state index in [0.717, 1.165) is 22.4 Å². The van der Waals surface area contributed by atoms with E-state index >= 15 is 0 Å². The van der Waals surface area contributed by atoms with Crippen molar-refractivity contribution < 1.29 is 4.79 Å². The zero-order valence-electron chi connectivity index (χ0n) is 11.9. The summed E-state index contributed by atoms with van der Waals surface area (Å²) in [6.07, 6.45) is 1.74. The van der Waals surface area contributed by atoms with Gasteiger partial charge < -0.3 is 10.3 Å². The van der Waals surface area contributed by atoms with Crippen molar-refractivity contribution >= 4 is 21.8 Å². The lowest BCUT2D eigenvalue weighted by molar-refractivity contribution is 0.0942. The lowest BCUT2D eigenvalue weighted by Gasteiger charge is -2.13. The summed E-state index contributed by atoms with van der Waals surface area (Å²) < 4.78 is 2.86. The average Bonchev–Trinajstić information content (AvgIpc) is 2.93. The molecule has 5 nitrogen and oxygen atoms in total. The molecular formula is C14H19BrN4O. The highest BCUT2D eigenvalue weighted by atomic mass is 79.9. The van der Waals surface area contributed by atoms with Crippen molar-refractivity contribution in [2.45, 2.75) is 27.3 Å². The van der Waals surface area contributed by atoms with Gasteiger partial charge in [-0.25, -0.2) is 0 Å². The first-order valence-corrected chi connectivity index (χ1v) is 7.38. The molecule has 0 aromatic carbocycles. The quantitative estimate of drug-likeness (QED) is 0.880. The Morgan fingerprint density at radius 3 is 2.80 bits per heavy atom. The van der Waals surface area contributed by atoms with Gasteiger partial charge in [0.2, 0.25) is 0 Å². The molecule has 20 heavy (non-hydrogen) atoms. The predicted molar refractivity (Wildman–Crippen MR) is 81.7 cm³/mol. The number of carbonyl (C=O) groups is 1. The molecule has 0 aliphatic rings. The molecule has 1 amide bonds. The van der Waals surface area contributed by atoms with E-state index in [0.29, 0.717) is 18.2 Å². The van der Waals surface area contributed by atoms with Gasteiger partial charge in [-0.3, -0.25) is 9.48 Å². The SMILES string of the molecule is Cc1cc(C)n(C[C@@H](C)CNC(=O)c2cc(Br)c[nH]2)n1. The Morgan fingerprint density at radius 2 is 2.25 bits per heavy atom. The summed E-state index contributed by atoms with van der Waals surface area (Å²) in [5.74, 6) is 0.228. The largest absolute Gasteiger partial charge is 0.356 e. The molecule has 0 aliphatic heterocycles. The van der Waals surface area contributed by atoms with E-state index in [9.17, 15) is 4.79 Å². The second-order valence-electron chi connectivity index (χ2n) is 5.16. The number of aryl methyl sites for hydroxylation is 2. The van der Waals surface area contributed by atoms with Gasteiger partial charge in [-0.2, -0.15) is 5.10 Å². The van der Waals surface area contributed by atoms with E-state index < -0.39 is 0 Å².